The second-order valence-electron chi connectivity index (χ2n) is 9.15. The fourth-order valence-electron chi connectivity index (χ4n) is 4.74. The highest BCUT2D eigenvalue weighted by atomic mass is 16.5. The van der Waals surface area contributed by atoms with Crippen molar-refractivity contribution in [1.29, 1.82) is 0 Å². The number of amides is 3. The molecule has 35 heavy (non-hydrogen) atoms. The molecule has 0 radical (unpaired) electrons. The van der Waals surface area contributed by atoms with Crippen LogP contribution in [0.2, 0.25) is 0 Å². The van der Waals surface area contributed by atoms with Crippen LogP contribution in [-0.4, -0.2) is 72.5 Å². The van der Waals surface area contributed by atoms with Crippen molar-refractivity contribution in [1.82, 2.24) is 9.80 Å². The maximum Gasteiger partial charge on any atom is 0.260 e. The van der Waals surface area contributed by atoms with Crippen molar-refractivity contribution in [3.8, 4) is 5.75 Å². The molecule has 2 aromatic carbocycles. The summed E-state index contributed by atoms with van der Waals surface area (Å²) in [6, 6.07) is 14.1. The molecular weight excluding hydrogens is 446 g/mol. The highest BCUT2D eigenvalue weighted by Crippen LogP contribution is 2.23. The number of ether oxygens (including phenoxy) is 2. The fourth-order valence-corrected chi connectivity index (χ4v) is 4.74. The highest BCUT2D eigenvalue weighted by molar-refractivity contribution is 6.09. The van der Waals surface area contributed by atoms with Crippen LogP contribution in [0, 0.1) is 0 Å². The number of para-hydroxylation sites is 1. The van der Waals surface area contributed by atoms with Gasteiger partial charge in [-0.25, -0.2) is 0 Å². The van der Waals surface area contributed by atoms with Crippen LogP contribution in [0.3, 0.4) is 0 Å². The summed E-state index contributed by atoms with van der Waals surface area (Å²) in [6.45, 7) is 6.20. The summed E-state index contributed by atoms with van der Waals surface area (Å²) in [6.07, 6.45) is 3.17. The third-order valence-electron chi connectivity index (χ3n) is 6.66. The lowest BCUT2D eigenvalue weighted by Gasteiger charge is -2.38. The van der Waals surface area contributed by atoms with Gasteiger partial charge in [0, 0.05) is 30.7 Å². The lowest BCUT2D eigenvalue weighted by molar-refractivity contribution is -0.139. The molecule has 2 heterocycles. The molecule has 2 atom stereocenters. The van der Waals surface area contributed by atoms with E-state index in [1.165, 1.54) is 0 Å². The highest BCUT2D eigenvalue weighted by Gasteiger charge is 2.29. The zero-order chi connectivity index (χ0) is 24.8. The van der Waals surface area contributed by atoms with E-state index < -0.39 is 0 Å². The van der Waals surface area contributed by atoms with E-state index in [0.29, 0.717) is 48.9 Å². The predicted molar refractivity (Wildman–Crippen MR) is 133 cm³/mol. The number of carbonyl (C=O) groups excluding carboxylic acids is 3. The summed E-state index contributed by atoms with van der Waals surface area (Å²) in [5.41, 5.74) is 1.34. The Bertz CT molecular complexity index is 1040. The Balaban J connectivity index is 1.36. The number of hydrogen-bond acceptors (Lipinski definition) is 5. The van der Waals surface area contributed by atoms with Gasteiger partial charge in [0.2, 0.25) is 0 Å². The van der Waals surface area contributed by atoms with E-state index in [9.17, 15) is 14.4 Å². The summed E-state index contributed by atoms with van der Waals surface area (Å²) in [4.78, 5) is 42.1. The summed E-state index contributed by atoms with van der Waals surface area (Å²) >= 11 is 0. The van der Waals surface area contributed by atoms with Crippen LogP contribution in [0.25, 0.3) is 0 Å². The number of piperidine rings is 1. The van der Waals surface area contributed by atoms with Gasteiger partial charge < -0.3 is 24.6 Å². The number of carbonyl (C=O) groups is 3. The number of nitrogens with one attached hydrogen (secondary N) is 1. The monoisotopic (exact) mass is 479 g/mol. The lowest BCUT2D eigenvalue weighted by atomic mass is 9.97. The minimum Gasteiger partial charge on any atom is -0.484 e. The van der Waals surface area contributed by atoms with Crippen LogP contribution >= 0.6 is 0 Å². The third kappa shape index (κ3) is 6.00. The van der Waals surface area contributed by atoms with Crippen LogP contribution in [0.15, 0.2) is 48.5 Å². The van der Waals surface area contributed by atoms with Gasteiger partial charge in [-0.3, -0.25) is 14.4 Å². The molecule has 8 nitrogen and oxygen atoms in total. The molecule has 1 N–H and O–H groups in total. The van der Waals surface area contributed by atoms with Gasteiger partial charge in [-0.1, -0.05) is 12.1 Å². The molecular formula is C27H33N3O5. The second kappa shape index (κ2) is 11.4. The zero-order valence-electron chi connectivity index (χ0n) is 20.4. The fraction of sp³-hybridized carbons (Fsp3) is 0.444. The molecule has 2 saturated heterocycles. The number of nitrogens with zero attached hydrogens (tertiary/aromatic N) is 2. The first-order chi connectivity index (χ1) is 16.9. The van der Waals surface area contributed by atoms with E-state index in [1.54, 1.807) is 53.4 Å². The van der Waals surface area contributed by atoms with Crippen molar-refractivity contribution in [2.75, 3.05) is 38.2 Å². The van der Waals surface area contributed by atoms with E-state index in [0.717, 1.165) is 19.3 Å². The molecule has 4 rings (SSSR count). The largest absolute Gasteiger partial charge is 0.484 e. The Hall–Kier alpha value is -3.39. The SMILES string of the molecule is CC1CCCC(C)N1C(=O)COc1ccc(C(=O)Nc2ccccc2C(=O)N2CCOCC2)cc1. The van der Waals surface area contributed by atoms with Gasteiger partial charge >= 0.3 is 0 Å². The molecule has 0 aliphatic carbocycles. The van der Waals surface area contributed by atoms with Gasteiger partial charge in [0.15, 0.2) is 6.61 Å². The van der Waals surface area contributed by atoms with Gasteiger partial charge in [0.1, 0.15) is 5.75 Å². The average molecular weight is 480 g/mol. The molecule has 0 aromatic heterocycles. The smallest absolute Gasteiger partial charge is 0.260 e. The second-order valence-corrected chi connectivity index (χ2v) is 9.15. The molecule has 2 aliphatic rings. The Labute approximate surface area is 206 Å². The third-order valence-corrected chi connectivity index (χ3v) is 6.66. The van der Waals surface area contributed by atoms with Crippen LogP contribution in [0.4, 0.5) is 5.69 Å². The number of rotatable bonds is 6. The summed E-state index contributed by atoms with van der Waals surface area (Å²) in [5.74, 6) is 0.0453. The van der Waals surface area contributed by atoms with Gasteiger partial charge in [-0.15, -0.1) is 0 Å². The molecule has 2 aromatic rings. The molecule has 0 bridgehead atoms. The van der Waals surface area contributed by atoms with Crippen molar-refractivity contribution in [3.63, 3.8) is 0 Å². The molecule has 2 aliphatic heterocycles. The summed E-state index contributed by atoms with van der Waals surface area (Å²) in [5, 5.41) is 2.85. The number of morpholine rings is 1. The van der Waals surface area contributed by atoms with E-state index in [-0.39, 0.29) is 36.4 Å². The molecule has 0 saturated carbocycles. The van der Waals surface area contributed by atoms with Gasteiger partial charge in [-0.05, 0) is 69.5 Å². The molecule has 0 spiro atoms. The maximum atomic E-state index is 12.9. The van der Waals surface area contributed by atoms with Crippen molar-refractivity contribution in [2.24, 2.45) is 0 Å². The molecule has 8 heteroatoms. The van der Waals surface area contributed by atoms with Crippen LogP contribution in [0.5, 0.6) is 5.75 Å². The van der Waals surface area contributed by atoms with Crippen LogP contribution in [-0.2, 0) is 9.53 Å². The van der Waals surface area contributed by atoms with Gasteiger partial charge in [-0.2, -0.15) is 0 Å². The number of benzene rings is 2. The number of anilines is 1. The molecule has 186 valence electrons. The number of likely N-dealkylation sites (tertiary alicyclic amines) is 1. The first-order valence-electron chi connectivity index (χ1n) is 12.3. The molecule has 2 fully saturated rings. The summed E-state index contributed by atoms with van der Waals surface area (Å²) < 4.78 is 11.0. The average Bonchev–Trinajstić information content (AvgIpc) is 2.88. The minimum absolute atomic E-state index is 0.0203. The van der Waals surface area contributed by atoms with Crippen molar-refractivity contribution >= 4 is 23.4 Å². The zero-order valence-corrected chi connectivity index (χ0v) is 20.4. The van der Waals surface area contributed by atoms with Crippen molar-refractivity contribution in [2.45, 2.75) is 45.2 Å². The van der Waals surface area contributed by atoms with Gasteiger partial charge in [0.25, 0.3) is 17.7 Å². The van der Waals surface area contributed by atoms with Crippen LogP contribution in [0.1, 0.15) is 53.8 Å². The predicted octanol–water partition coefficient (Wildman–Crippen LogP) is 3.58. The van der Waals surface area contributed by atoms with E-state index in [4.69, 9.17) is 9.47 Å². The van der Waals surface area contributed by atoms with Crippen molar-refractivity contribution < 1.29 is 23.9 Å². The summed E-state index contributed by atoms with van der Waals surface area (Å²) in [7, 11) is 0. The first-order valence-corrected chi connectivity index (χ1v) is 12.3. The standard InChI is InChI=1S/C27H33N3O5/c1-19-6-5-7-20(2)30(19)25(31)18-35-22-12-10-21(11-13-22)26(32)28-24-9-4-3-8-23(24)27(33)29-14-16-34-17-15-29/h3-4,8-13,19-20H,5-7,14-18H2,1-2H3,(H,28,32). The minimum atomic E-state index is -0.328. The topological polar surface area (TPSA) is 88.2 Å². The molecule has 3 amide bonds. The van der Waals surface area contributed by atoms with Gasteiger partial charge in [0.05, 0.1) is 24.5 Å². The van der Waals surface area contributed by atoms with E-state index in [2.05, 4.69) is 19.2 Å². The number of hydrogen-bond donors (Lipinski definition) is 1. The Kier molecular flexibility index (Phi) is 8.02. The van der Waals surface area contributed by atoms with E-state index in [1.807, 2.05) is 4.90 Å². The van der Waals surface area contributed by atoms with E-state index >= 15 is 0 Å². The van der Waals surface area contributed by atoms with Crippen LogP contribution < -0.4 is 10.1 Å². The quantitative estimate of drug-likeness (QED) is 0.684. The normalized spacial score (nSPS) is 20.3. The molecule has 2 unspecified atom stereocenters. The maximum absolute atomic E-state index is 12.9. The Morgan fingerprint density at radius 2 is 1.63 bits per heavy atom. The Morgan fingerprint density at radius 3 is 2.31 bits per heavy atom. The first kappa shape index (κ1) is 24.7. The lowest BCUT2D eigenvalue weighted by Crippen LogP contribution is -2.49. The van der Waals surface area contributed by atoms with Crippen molar-refractivity contribution in [3.05, 3.63) is 59.7 Å². The Morgan fingerprint density at radius 1 is 0.971 bits per heavy atom.